The second-order valence-electron chi connectivity index (χ2n) is 6.74. The number of carboxylic acid groups (broad SMARTS) is 1. The zero-order valence-electron chi connectivity index (χ0n) is 14.9. The van der Waals surface area contributed by atoms with Crippen LogP contribution in [0, 0.1) is 0 Å². The number of carboxylic acids is 1. The molecular weight excluding hydrogens is 366 g/mol. The molecule has 1 saturated carbocycles. The predicted molar refractivity (Wildman–Crippen MR) is 105 cm³/mol. The summed E-state index contributed by atoms with van der Waals surface area (Å²) in [7, 11) is 0. The van der Waals surface area contributed by atoms with Gasteiger partial charge in [-0.1, -0.05) is 43.0 Å². The lowest BCUT2D eigenvalue weighted by Crippen LogP contribution is -2.20. The average molecular weight is 388 g/mol. The molecule has 142 valence electrons. The Kier molecular flexibility index (Phi) is 6.35. The fourth-order valence-electron chi connectivity index (χ4n) is 3.38. The van der Waals surface area contributed by atoms with Crippen LogP contribution in [-0.2, 0) is 4.79 Å². The first kappa shape index (κ1) is 19.2. The normalized spacial score (nSPS) is 14.6. The minimum atomic E-state index is -1.11. The molecule has 0 aliphatic heterocycles. The van der Waals surface area contributed by atoms with Crippen LogP contribution in [0.4, 0.5) is 5.69 Å². The zero-order valence-corrected chi connectivity index (χ0v) is 15.7. The van der Waals surface area contributed by atoms with Gasteiger partial charge < -0.3 is 15.2 Å². The Morgan fingerprint density at radius 2 is 1.78 bits per heavy atom. The van der Waals surface area contributed by atoms with E-state index in [2.05, 4.69) is 17.4 Å². The first-order valence-electron chi connectivity index (χ1n) is 9.08. The molecule has 0 heterocycles. The summed E-state index contributed by atoms with van der Waals surface area (Å²) in [6, 6.07) is 12.2. The number of halogens is 1. The summed E-state index contributed by atoms with van der Waals surface area (Å²) in [6.45, 7) is -0.138. The van der Waals surface area contributed by atoms with Gasteiger partial charge in [-0.3, -0.25) is 4.79 Å². The van der Waals surface area contributed by atoms with Gasteiger partial charge in [0, 0.05) is 5.69 Å². The van der Waals surface area contributed by atoms with Gasteiger partial charge in [-0.25, -0.2) is 4.79 Å². The predicted octanol–water partition coefficient (Wildman–Crippen LogP) is 5.10. The molecule has 0 spiro atoms. The summed E-state index contributed by atoms with van der Waals surface area (Å²) >= 11 is 5.90. The first-order chi connectivity index (χ1) is 13.0. The molecule has 1 aliphatic carbocycles. The number of hydrogen-bond acceptors (Lipinski definition) is 3. The number of ether oxygens (including phenoxy) is 1. The van der Waals surface area contributed by atoms with E-state index in [1.54, 1.807) is 0 Å². The van der Waals surface area contributed by atoms with Crippen LogP contribution < -0.4 is 10.1 Å². The highest BCUT2D eigenvalue weighted by Crippen LogP contribution is 2.33. The summed E-state index contributed by atoms with van der Waals surface area (Å²) < 4.78 is 5.54. The van der Waals surface area contributed by atoms with Crippen molar-refractivity contribution >= 4 is 29.2 Å². The Balaban J connectivity index is 1.51. The van der Waals surface area contributed by atoms with E-state index < -0.39 is 5.97 Å². The van der Waals surface area contributed by atoms with Gasteiger partial charge in [0.1, 0.15) is 5.75 Å². The van der Waals surface area contributed by atoms with Crippen LogP contribution in [0.25, 0.3) is 0 Å². The van der Waals surface area contributed by atoms with Crippen molar-refractivity contribution in [2.75, 3.05) is 11.9 Å². The summed E-state index contributed by atoms with van der Waals surface area (Å²) in [5.41, 5.74) is 1.75. The molecule has 1 fully saturated rings. The van der Waals surface area contributed by atoms with Crippen LogP contribution in [0.2, 0.25) is 5.02 Å². The Morgan fingerprint density at radius 3 is 2.41 bits per heavy atom. The largest absolute Gasteiger partial charge is 0.484 e. The number of amides is 1. The lowest BCUT2D eigenvalue weighted by Gasteiger charge is -2.22. The number of carbonyl (C=O) groups excluding carboxylic acids is 1. The fraction of sp³-hybridized carbons (Fsp3) is 0.333. The van der Waals surface area contributed by atoms with Gasteiger partial charge in [0.25, 0.3) is 5.91 Å². The van der Waals surface area contributed by atoms with E-state index in [9.17, 15) is 9.59 Å². The van der Waals surface area contributed by atoms with Crippen molar-refractivity contribution < 1.29 is 19.4 Å². The first-order valence-corrected chi connectivity index (χ1v) is 9.46. The number of hydrogen-bond donors (Lipinski definition) is 2. The van der Waals surface area contributed by atoms with E-state index in [1.807, 2.05) is 12.1 Å². The third kappa shape index (κ3) is 5.23. The number of carbonyl (C=O) groups is 2. The van der Waals surface area contributed by atoms with Gasteiger partial charge in [0.15, 0.2) is 6.61 Å². The minimum Gasteiger partial charge on any atom is -0.484 e. The second-order valence-corrected chi connectivity index (χ2v) is 7.15. The number of aromatic carboxylic acids is 1. The molecule has 0 saturated heterocycles. The van der Waals surface area contributed by atoms with Crippen LogP contribution >= 0.6 is 11.6 Å². The smallest absolute Gasteiger partial charge is 0.337 e. The minimum absolute atomic E-state index is 0.0102. The Labute approximate surface area is 163 Å². The molecule has 0 atom stereocenters. The Morgan fingerprint density at radius 1 is 1.07 bits per heavy atom. The molecule has 5 nitrogen and oxygen atoms in total. The maximum absolute atomic E-state index is 12.0. The van der Waals surface area contributed by atoms with Crippen LogP contribution in [-0.4, -0.2) is 23.6 Å². The van der Waals surface area contributed by atoms with Crippen molar-refractivity contribution in [1.29, 1.82) is 0 Å². The van der Waals surface area contributed by atoms with Crippen molar-refractivity contribution in [2.45, 2.75) is 38.0 Å². The quantitative estimate of drug-likeness (QED) is 0.722. The third-order valence-corrected chi connectivity index (χ3v) is 5.12. The van der Waals surface area contributed by atoms with E-state index in [0.29, 0.717) is 17.4 Å². The topological polar surface area (TPSA) is 75.6 Å². The molecule has 6 heteroatoms. The van der Waals surface area contributed by atoms with Crippen molar-refractivity contribution in [1.82, 2.24) is 0 Å². The fourth-order valence-corrected chi connectivity index (χ4v) is 3.65. The molecule has 2 N–H and O–H groups in total. The number of benzene rings is 2. The molecule has 1 aliphatic rings. The number of rotatable bonds is 6. The Hall–Kier alpha value is -2.53. The van der Waals surface area contributed by atoms with E-state index in [0.717, 1.165) is 0 Å². The van der Waals surface area contributed by atoms with E-state index in [4.69, 9.17) is 21.4 Å². The molecule has 0 radical (unpaired) electrons. The van der Waals surface area contributed by atoms with Gasteiger partial charge in [0.2, 0.25) is 0 Å². The van der Waals surface area contributed by atoms with E-state index in [1.165, 1.54) is 55.9 Å². The Bertz CT molecular complexity index is 813. The molecule has 27 heavy (non-hydrogen) atoms. The maximum atomic E-state index is 12.0. The molecule has 1 amide bonds. The highest BCUT2D eigenvalue weighted by molar-refractivity contribution is 6.33. The van der Waals surface area contributed by atoms with Crippen molar-refractivity contribution in [3.05, 3.63) is 58.6 Å². The van der Waals surface area contributed by atoms with Crippen LogP contribution in [0.1, 0.15) is 53.9 Å². The molecule has 0 bridgehead atoms. The summed E-state index contributed by atoms with van der Waals surface area (Å²) in [4.78, 5) is 23.0. The van der Waals surface area contributed by atoms with Gasteiger partial charge in [-0.15, -0.1) is 0 Å². The maximum Gasteiger partial charge on any atom is 0.337 e. The van der Waals surface area contributed by atoms with Gasteiger partial charge in [-0.05, 0) is 54.7 Å². The van der Waals surface area contributed by atoms with Crippen molar-refractivity contribution in [3.8, 4) is 5.75 Å². The molecular formula is C21H22ClNO4. The number of nitrogens with one attached hydrogen (secondary N) is 1. The number of anilines is 1. The van der Waals surface area contributed by atoms with Crippen LogP contribution in [0.5, 0.6) is 5.75 Å². The second kappa shape index (κ2) is 8.91. The van der Waals surface area contributed by atoms with Gasteiger partial charge >= 0.3 is 5.97 Å². The van der Waals surface area contributed by atoms with Crippen molar-refractivity contribution in [2.24, 2.45) is 0 Å². The standard InChI is InChI=1S/C21H22ClNO4/c22-19-12-16(8-11-18(19)21(25)26)23-20(24)13-27-17-9-6-15(7-10-17)14-4-2-1-3-5-14/h6-12,14H,1-5,13H2,(H,23,24)(H,25,26). The molecule has 3 rings (SSSR count). The summed E-state index contributed by atoms with van der Waals surface area (Å²) in [5, 5.41) is 11.7. The third-order valence-electron chi connectivity index (χ3n) is 4.81. The SMILES string of the molecule is O=C(COc1ccc(C2CCCCC2)cc1)Nc1ccc(C(=O)O)c(Cl)c1. The van der Waals surface area contributed by atoms with Gasteiger partial charge in [-0.2, -0.15) is 0 Å². The highest BCUT2D eigenvalue weighted by Gasteiger charge is 2.15. The average Bonchev–Trinajstić information content (AvgIpc) is 2.67. The van der Waals surface area contributed by atoms with Gasteiger partial charge in [0.05, 0.1) is 10.6 Å². The zero-order chi connectivity index (χ0) is 19.2. The summed E-state index contributed by atoms with van der Waals surface area (Å²) in [5.74, 6) is -0.179. The highest BCUT2D eigenvalue weighted by atomic mass is 35.5. The van der Waals surface area contributed by atoms with E-state index >= 15 is 0 Å². The lowest BCUT2D eigenvalue weighted by molar-refractivity contribution is -0.118. The molecule has 0 aromatic heterocycles. The van der Waals surface area contributed by atoms with Crippen molar-refractivity contribution in [3.63, 3.8) is 0 Å². The van der Waals surface area contributed by atoms with E-state index in [-0.39, 0.29) is 23.1 Å². The van der Waals surface area contributed by atoms with Crippen LogP contribution in [0.15, 0.2) is 42.5 Å². The lowest BCUT2D eigenvalue weighted by atomic mass is 9.84. The summed E-state index contributed by atoms with van der Waals surface area (Å²) in [6.07, 6.45) is 6.40. The monoisotopic (exact) mass is 387 g/mol. The molecule has 2 aromatic carbocycles. The molecule has 2 aromatic rings. The van der Waals surface area contributed by atoms with Crippen LogP contribution in [0.3, 0.4) is 0 Å². The molecule has 0 unspecified atom stereocenters.